The average molecular weight is 180 g/mol. The molecule has 0 bridgehead atoms. The van der Waals surface area contributed by atoms with Gasteiger partial charge in [-0.25, -0.2) is 0 Å². The summed E-state index contributed by atoms with van der Waals surface area (Å²) in [4.78, 5) is 0. The fourth-order valence-corrected chi connectivity index (χ4v) is 1.03. The van der Waals surface area contributed by atoms with Gasteiger partial charge in [0.15, 0.2) is 0 Å². The summed E-state index contributed by atoms with van der Waals surface area (Å²) in [5.74, 6) is -2.17. The molecule has 6 heteroatoms. The molecule has 5 N–H and O–H groups in total. The summed E-state index contributed by atoms with van der Waals surface area (Å²) >= 11 is 0. The standard InChI is InChI=1S/C6H12O6/c7-2-6(11)5(10)4(9)3(8)1-12-6/h3-5,7-11H,1-2H2/t3?,4-,5-,6?/m0/s1. The molecule has 12 heavy (non-hydrogen) atoms. The lowest BCUT2D eigenvalue weighted by molar-refractivity contribution is -0.331. The van der Waals surface area contributed by atoms with E-state index in [0.717, 1.165) is 0 Å². The summed E-state index contributed by atoms with van der Waals surface area (Å²) in [6, 6.07) is 0. The van der Waals surface area contributed by atoms with Crippen LogP contribution in [0.2, 0.25) is 0 Å². The van der Waals surface area contributed by atoms with Gasteiger partial charge in [-0.05, 0) is 0 Å². The molecule has 6 nitrogen and oxygen atoms in total. The number of aliphatic hydroxyl groups excluding tert-OH is 4. The summed E-state index contributed by atoms with van der Waals surface area (Å²) in [5, 5.41) is 45.0. The van der Waals surface area contributed by atoms with Gasteiger partial charge < -0.3 is 30.3 Å². The largest absolute Gasteiger partial charge is 0.391 e. The first kappa shape index (κ1) is 9.85. The molecule has 2 unspecified atom stereocenters. The summed E-state index contributed by atoms with van der Waals surface area (Å²) in [6.45, 7) is -1.16. The first-order chi connectivity index (χ1) is 5.51. The zero-order chi connectivity index (χ0) is 9.35. The van der Waals surface area contributed by atoms with E-state index in [1.54, 1.807) is 0 Å². The van der Waals surface area contributed by atoms with Gasteiger partial charge in [0.2, 0.25) is 5.79 Å². The molecule has 1 heterocycles. The molecular formula is C6H12O6. The predicted molar refractivity (Wildman–Crippen MR) is 36.0 cm³/mol. The van der Waals surface area contributed by atoms with Crippen molar-refractivity contribution in [2.45, 2.75) is 24.1 Å². The molecular weight excluding hydrogens is 168 g/mol. The summed E-state index contributed by atoms with van der Waals surface area (Å²) < 4.78 is 4.56. The Balaban J connectivity index is 2.71. The topological polar surface area (TPSA) is 110 Å². The summed E-state index contributed by atoms with van der Waals surface area (Å²) in [5.41, 5.74) is 0. The van der Waals surface area contributed by atoms with Gasteiger partial charge in [-0.2, -0.15) is 0 Å². The highest BCUT2D eigenvalue weighted by molar-refractivity contribution is 4.90. The van der Waals surface area contributed by atoms with E-state index in [2.05, 4.69) is 4.74 Å². The Labute approximate surface area is 68.6 Å². The van der Waals surface area contributed by atoms with Gasteiger partial charge in [0.1, 0.15) is 18.3 Å². The minimum atomic E-state index is -2.17. The first-order valence-electron chi connectivity index (χ1n) is 3.52. The maximum absolute atomic E-state index is 9.24. The second kappa shape index (κ2) is 3.25. The quantitative estimate of drug-likeness (QED) is 0.290. The maximum atomic E-state index is 9.24. The number of hydrogen-bond acceptors (Lipinski definition) is 6. The molecule has 0 aromatic carbocycles. The molecule has 1 rings (SSSR count). The Kier molecular flexibility index (Phi) is 2.67. The van der Waals surface area contributed by atoms with Gasteiger partial charge in [0, 0.05) is 0 Å². The molecule has 72 valence electrons. The average Bonchev–Trinajstić information content (AvgIpc) is 2.09. The Bertz CT molecular complexity index is 162. The van der Waals surface area contributed by atoms with Crippen molar-refractivity contribution in [1.82, 2.24) is 0 Å². The van der Waals surface area contributed by atoms with Gasteiger partial charge in [-0.1, -0.05) is 0 Å². The van der Waals surface area contributed by atoms with Crippen molar-refractivity contribution in [2.24, 2.45) is 0 Å². The lowest BCUT2D eigenvalue weighted by Crippen LogP contribution is -2.62. The monoisotopic (exact) mass is 180 g/mol. The van der Waals surface area contributed by atoms with Gasteiger partial charge in [-0.15, -0.1) is 0 Å². The van der Waals surface area contributed by atoms with Crippen LogP contribution in [0.3, 0.4) is 0 Å². The fourth-order valence-electron chi connectivity index (χ4n) is 1.03. The van der Waals surface area contributed by atoms with E-state index in [9.17, 15) is 5.11 Å². The van der Waals surface area contributed by atoms with E-state index in [1.807, 2.05) is 0 Å². The number of hydrogen-bond donors (Lipinski definition) is 5. The lowest BCUT2D eigenvalue weighted by atomic mass is 9.98. The van der Waals surface area contributed by atoms with Crippen molar-refractivity contribution in [3.63, 3.8) is 0 Å². The molecule has 0 saturated carbocycles. The van der Waals surface area contributed by atoms with Gasteiger partial charge in [0.05, 0.1) is 13.2 Å². The van der Waals surface area contributed by atoms with E-state index in [4.69, 9.17) is 20.4 Å². The van der Waals surface area contributed by atoms with Crippen LogP contribution in [-0.4, -0.2) is 62.8 Å². The highest BCUT2D eigenvalue weighted by Gasteiger charge is 2.47. The van der Waals surface area contributed by atoms with Crippen molar-refractivity contribution in [3.05, 3.63) is 0 Å². The zero-order valence-corrected chi connectivity index (χ0v) is 6.29. The van der Waals surface area contributed by atoms with Crippen LogP contribution in [0, 0.1) is 0 Å². The summed E-state index contributed by atoms with van der Waals surface area (Å²) in [7, 11) is 0. The second-order valence-corrected chi connectivity index (χ2v) is 2.82. The van der Waals surface area contributed by atoms with Gasteiger partial charge in [0.25, 0.3) is 0 Å². The number of ether oxygens (including phenoxy) is 1. The lowest BCUT2D eigenvalue weighted by Gasteiger charge is -2.40. The third-order valence-corrected chi connectivity index (χ3v) is 1.91. The van der Waals surface area contributed by atoms with Crippen LogP contribution in [0.1, 0.15) is 0 Å². The van der Waals surface area contributed by atoms with E-state index >= 15 is 0 Å². The molecule has 1 aliphatic heterocycles. The minimum Gasteiger partial charge on any atom is -0.391 e. The molecule has 1 fully saturated rings. The van der Waals surface area contributed by atoms with Crippen molar-refractivity contribution in [2.75, 3.05) is 13.2 Å². The molecule has 1 aliphatic rings. The fraction of sp³-hybridized carbons (Fsp3) is 1.00. The van der Waals surface area contributed by atoms with Crippen LogP contribution in [0.25, 0.3) is 0 Å². The molecule has 0 aromatic heterocycles. The maximum Gasteiger partial charge on any atom is 0.218 e. The third-order valence-electron chi connectivity index (χ3n) is 1.91. The summed E-state index contributed by atoms with van der Waals surface area (Å²) in [6.07, 6.45) is -4.45. The highest BCUT2D eigenvalue weighted by Crippen LogP contribution is 2.22. The molecule has 4 atom stereocenters. The minimum absolute atomic E-state index is 0.324. The molecule has 0 amide bonds. The third kappa shape index (κ3) is 1.45. The SMILES string of the molecule is OCC1(O)OCC(O)[C@H](O)[C@@H]1O. The van der Waals surface area contributed by atoms with Crippen molar-refractivity contribution < 1.29 is 30.3 Å². The Morgan fingerprint density at radius 3 is 2.42 bits per heavy atom. The van der Waals surface area contributed by atoms with Crippen LogP contribution in [-0.2, 0) is 4.74 Å². The van der Waals surface area contributed by atoms with Crippen molar-refractivity contribution in [1.29, 1.82) is 0 Å². The van der Waals surface area contributed by atoms with Gasteiger partial charge >= 0.3 is 0 Å². The molecule has 0 aromatic rings. The van der Waals surface area contributed by atoms with E-state index < -0.39 is 30.7 Å². The Hall–Kier alpha value is -0.240. The number of rotatable bonds is 1. The molecule has 0 spiro atoms. The first-order valence-corrected chi connectivity index (χ1v) is 3.52. The Morgan fingerprint density at radius 1 is 1.33 bits per heavy atom. The van der Waals surface area contributed by atoms with Crippen LogP contribution >= 0.6 is 0 Å². The molecule has 1 saturated heterocycles. The normalized spacial score (nSPS) is 49.2. The van der Waals surface area contributed by atoms with Crippen LogP contribution in [0.4, 0.5) is 0 Å². The van der Waals surface area contributed by atoms with Crippen LogP contribution in [0.5, 0.6) is 0 Å². The van der Waals surface area contributed by atoms with E-state index in [0.29, 0.717) is 0 Å². The highest BCUT2D eigenvalue weighted by atomic mass is 16.7. The van der Waals surface area contributed by atoms with Crippen LogP contribution in [0.15, 0.2) is 0 Å². The number of aliphatic hydroxyl groups is 5. The predicted octanol–water partition coefficient (Wildman–Crippen LogP) is -3.22. The Morgan fingerprint density at radius 2 is 1.92 bits per heavy atom. The van der Waals surface area contributed by atoms with Crippen molar-refractivity contribution in [3.8, 4) is 0 Å². The zero-order valence-electron chi connectivity index (χ0n) is 6.29. The molecule has 0 aliphatic carbocycles. The van der Waals surface area contributed by atoms with E-state index in [-0.39, 0.29) is 6.61 Å². The van der Waals surface area contributed by atoms with Crippen molar-refractivity contribution >= 4 is 0 Å². The molecule has 0 radical (unpaired) electrons. The second-order valence-electron chi connectivity index (χ2n) is 2.82. The van der Waals surface area contributed by atoms with Gasteiger partial charge in [-0.3, -0.25) is 0 Å². The van der Waals surface area contributed by atoms with Crippen LogP contribution < -0.4 is 0 Å². The smallest absolute Gasteiger partial charge is 0.218 e. The van der Waals surface area contributed by atoms with E-state index in [1.165, 1.54) is 0 Å².